The first-order chi connectivity index (χ1) is 3.80. The van der Waals surface area contributed by atoms with E-state index in [1.54, 1.807) is 0 Å². The van der Waals surface area contributed by atoms with Crippen LogP contribution in [0, 0.1) is 6.04 Å². The van der Waals surface area contributed by atoms with E-state index in [2.05, 4.69) is 35.5 Å². The second-order valence-corrected chi connectivity index (χ2v) is 1.72. The average Bonchev–Trinajstić information content (AvgIpc) is 1.88. The molecule has 1 saturated carbocycles. The Labute approximate surface area is 71.5 Å². The Kier molecular flexibility index (Phi) is 6.01. The van der Waals surface area contributed by atoms with Crippen LogP contribution in [0.15, 0.2) is 0 Å². The molecule has 1 rings (SSSR count). The van der Waals surface area contributed by atoms with Gasteiger partial charge in [0.1, 0.15) is 0 Å². The molecule has 0 unspecified atom stereocenters. The van der Waals surface area contributed by atoms with Crippen LogP contribution < -0.4 is 11.5 Å². The monoisotopic (exact) mass is 407 g/mol. The molecule has 0 saturated heterocycles. The molecule has 8 heavy (non-hydrogen) atoms. The van der Waals surface area contributed by atoms with Gasteiger partial charge in [0.25, 0.3) is 0 Å². The second kappa shape index (κ2) is 5.15. The van der Waals surface area contributed by atoms with Gasteiger partial charge < -0.3 is 11.5 Å². The van der Waals surface area contributed by atoms with Crippen molar-refractivity contribution < 1.29 is 16.1 Å². The van der Waals surface area contributed by atoms with Gasteiger partial charge in [-0.25, -0.2) is 6.04 Å². The Hall–Kier alpha value is 1.34. The fraction of sp³-hybridized carbons (Fsp3) is 0.750. The van der Waals surface area contributed by atoms with Crippen molar-refractivity contribution in [3.8, 4) is 0 Å². The average molecular weight is 407 g/mol. The predicted molar refractivity (Wildman–Crippen MR) is 38.7 cm³/mol. The van der Waals surface area contributed by atoms with Crippen molar-refractivity contribution in [2.45, 2.75) is 18.9 Å². The first kappa shape index (κ1) is 9.34. The first-order valence-electron chi connectivity index (χ1n) is 2.29. The molecule has 1 fully saturated rings. The quantitative estimate of drug-likeness (QED) is 0.454. The summed E-state index contributed by atoms with van der Waals surface area (Å²) in [5.74, 6) is 0. The molecule has 0 aliphatic heterocycles. The molecule has 52 valence electrons. The normalized spacial score (nSPS) is 27.9. The Morgan fingerprint density at radius 3 is 2.00 bits per heavy atom. The summed E-state index contributed by atoms with van der Waals surface area (Å²) in [6, 6.07) is 1.19. The zero-order valence-corrected chi connectivity index (χ0v) is 8.77. The van der Waals surface area contributed by atoms with E-state index in [0.717, 1.165) is 18.9 Å². The van der Waals surface area contributed by atoms with E-state index in [4.69, 9.17) is 11.5 Å². The van der Waals surface area contributed by atoms with Gasteiger partial charge in [-0.1, -0.05) is 6.42 Å². The molecule has 0 spiro atoms. The molecule has 0 bridgehead atoms. The second-order valence-electron chi connectivity index (χ2n) is 1.72. The topological polar surface area (TPSA) is 52.0 Å². The molecule has 0 aromatic carbocycles. The van der Waals surface area contributed by atoms with Crippen molar-refractivity contribution in [3.63, 3.8) is 0 Å². The molecule has 1 aliphatic carbocycles. The van der Waals surface area contributed by atoms with Gasteiger partial charge >= 0.3 is 35.5 Å². The van der Waals surface area contributed by atoms with Gasteiger partial charge in [0, 0.05) is 0 Å². The van der Waals surface area contributed by atoms with Crippen LogP contribution in [-0.4, -0.2) is 6.04 Å². The van der Waals surface area contributed by atoms with Crippen LogP contribution in [0.4, 0.5) is 0 Å². The Bertz CT molecular complexity index is 54.0. The van der Waals surface area contributed by atoms with E-state index in [-0.39, 0.29) is 6.04 Å². The molecular formula is C4H9IN2Pt. The molecule has 1 aliphatic rings. The zero-order chi connectivity index (χ0) is 6.57. The summed E-state index contributed by atoms with van der Waals surface area (Å²) >= 11 is 4.23. The summed E-state index contributed by atoms with van der Waals surface area (Å²) in [6.07, 6.45) is 2.13. The van der Waals surface area contributed by atoms with Gasteiger partial charge in [0.05, 0.1) is 0 Å². The number of nitrogens with two attached hydrogens (primary N) is 2. The number of hydrogen-bond donors (Lipinski definition) is 2. The third-order valence-electron chi connectivity index (χ3n) is 1.22. The van der Waals surface area contributed by atoms with E-state index in [9.17, 15) is 0 Å². The zero-order valence-electron chi connectivity index (χ0n) is 4.34. The van der Waals surface area contributed by atoms with Crippen LogP contribution in [0.2, 0.25) is 0 Å². The summed E-state index contributed by atoms with van der Waals surface area (Å²) < 4.78 is 0. The number of rotatable bonds is 0. The summed E-state index contributed by atoms with van der Waals surface area (Å²) in [6.45, 7) is 0. The van der Waals surface area contributed by atoms with E-state index in [0.29, 0.717) is 0 Å². The van der Waals surface area contributed by atoms with Crippen LogP contribution in [0.1, 0.15) is 12.8 Å². The molecule has 0 heterocycles. The summed E-state index contributed by atoms with van der Waals surface area (Å²) in [7, 11) is 0. The molecule has 4 heteroatoms. The summed E-state index contributed by atoms with van der Waals surface area (Å²) in [5.41, 5.74) is 10.7. The molecule has 4 N–H and O–H groups in total. The maximum absolute atomic E-state index is 5.36. The van der Waals surface area contributed by atoms with Crippen LogP contribution in [0.25, 0.3) is 0 Å². The third-order valence-corrected chi connectivity index (χ3v) is 1.22. The van der Waals surface area contributed by atoms with Crippen molar-refractivity contribution in [1.82, 2.24) is 0 Å². The van der Waals surface area contributed by atoms with Gasteiger partial charge in [-0.15, -0.1) is 6.04 Å². The molecule has 0 radical (unpaired) electrons. The predicted octanol–water partition coefficient (Wildman–Crippen LogP) is 0.481. The van der Waals surface area contributed by atoms with Crippen LogP contribution in [-0.2, 0) is 16.1 Å². The number of hydrogen-bond acceptors (Lipinski definition) is 2. The van der Waals surface area contributed by atoms with E-state index < -0.39 is 0 Å². The minimum absolute atomic E-state index is 0.227. The van der Waals surface area contributed by atoms with E-state index in [1.165, 1.54) is 0 Å². The van der Waals surface area contributed by atoms with Gasteiger partial charge in [0.2, 0.25) is 0 Å². The molecule has 0 amide bonds. The van der Waals surface area contributed by atoms with Crippen molar-refractivity contribution in [1.29, 1.82) is 0 Å². The standard InChI is InChI=1S/C4H9N2.HI.Pt/c5-3-1-2-4(3)6;;/h3H,1-2,5-6H2;1H;/q-1;;+2/p-1/t3-;;/m1../s1. The van der Waals surface area contributed by atoms with Crippen molar-refractivity contribution >= 4 is 19.4 Å². The van der Waals surface area contributed by atoms with Crippen molar-refractivity contribution in [3.05, 3.63) is 6.04 Å². The fourth-order valence-corrected chi connectivity index (χ4v) is 0.478. The molecule has 1 atom stereocenters. The molecule has 0 aromatic heterocycles. The van der Waals surface area contributed by atoms with Crippen LogP contribution in [0.3, 0.4) is 0 Å². The van der Waals surface area contributed by atoms with Crippen molar-refractivity contribution in [2.24, 2.45) is 11.5 Å². The SMILES string of the molecule is N[C-]1CC[C@H]1N.[I][Pt+]. The molecule has 0 aromatic rings. The molecular weight excluding hydrogens is 398 g/mol. The van der Waals surface area contributed by atoms with Crippen LogP contribution >= 0.6 is 19.4 Å². The summed E-state index contributed by atoms with van der Waals surface area (Å²) in [5, 5.41) is 0. The van der Waals surface area contributed by atoms with E-state index >= 15 is 0 Å². The van der Waals surface area contributed by atoms with Gasteiger partial charge in [-0.2, -0.15) is 6.42 Å². The maximum atomic E-state index is 5.36. The van der Waals surface area contributed by atoms with Gasteiger partial charge in [0.15, 0.2) is 0 Å². The third kappa shape index (κ3) is 2.76. The number of halogens is 1. The fourth-order valence-electron chi connectivity index (χ4n) is 0.478. The Morgan fingerprint density at radius 2 is 2.00 bits per heavy atom. The van der Waals surface area contributed by atoms with Crippen LogP contribution in [0.5, 0.6) is 0 Å². The molecule has 2 nitrogen and oxygen atoms in total. The Balaban J connectivity index is 0.000000222. The first-order valence-corrected chi connectivity index (χ1v) is 8.74. The minimum atomic E-state index is 0.227. The van der Waals surface area contributed by atoms with Crippen molar-refractivity contribution in [2.75, 3.05) is 0 Å². The Morgan fingerprint density at radius 1 is 1.62 bits per heavy atom. The van der Waals surface area contributed by atoms with E-state index in [1.807, 2.05) is 0 Å². The van der Waals surface area contributed by atoms with Gasteiger partial charge in [-0.3, -0.25) is 0 Å². The van der Waals surface area contributed by atoms with Gasteiger partial charge in [-0.05, 0) is 0 Å². The summed E-state index contributed by atoms with van der Waals surface area (Å²) in [4.78, 5) is 0.